The van der Waals surface area contributed by atoms with Crippen LogP contribution in [0.1, 0.15) is 25.7 Å². The van der Waals surface area contributed by atoms with Crippen molar-refractivity contribution >= 4 is 22.3 Å². The lowest BCUT2D eigenvalue weighted by molar-refractivity contribution is -0.384. The van der Waals surface area contributed by atoms with E-state index in [4.69, 9.17) is 0 Å². The van der Waals surface area contributed by atoms with Crippen molar-refractivity contribution in [2.45, 2.75) is 25.7 Å². The average molecular weight is 260 g/mol. The molecule has 0 atom stereocenters. The van der Waals surface area contributed by atoms with Gasteiger partial charge in [0.1, 0.15) is 5.69 Å². The second kappa shape index (κ2) is 4.87. The lowest BCUT2D eigenvalue weighted by Gasteiger charge is -2.22. The standard InChI is InChI=1S/C13H16N4O2/c18-17(19)13-7-10-9-14-15-11(10)8-12(13)16-5-3-1-2-4-6-16/h7-9H,1-6H2,(H,14,15). The molecule has 2 aromatic rings. The number of aromatic amines is 1. The molecule has 1 aromatic carbocycles. The van der Waals surface area contributed by atoms with Crippen molar-refractivity contribution in [3.05, 3.63) is 28.4 Å². The smallest absolute Gasteiger partial charge is 0.293 e. The van der Waals surface area contributed by atoms with Gasteiger partial charge in [-0.2, -0.15) is 5.10 Å². The van der Waals surface area contributed by atoms with E-state index in [0.29, 0.717) is 5.69 Å². The largest absolute Gasteiger partial charge is 0.366 e. The van der Waals surface area contributed by atoms with Crippen LogP contribution in [-0.4, -0.2) is 28.2 Å². The normalized spacial score (nSPS) is 16.5. The molecule has 3 rings (SSSR count). The number of nitrogens with one attached hydrogen (secondary N) is 1. The summed E-state index contributed by atoms with van der Waals surface area (Å²) in [6.07, 6.45) is 6.22. The Morgan fingerprint density at radius 1 is 1.21 bits per heavy atom. The molecule has 0 aliphatic carbocycles. The summed E-state index contributed by atoms with van der Waals surface area (Å²) in [6.45, 7) is 1.78. The molecule has 1 aliphatic heterocycles. The zero-order valence-corrected chi connectivity index (χ0v) is 10.6. The third-order valence-electron chi connectivity index (χ3n) is 3.68. The molecular weight excluding hydrogens is 244 g/mol. The Balaban J connectivity index is 2.08. The van der Waals surface area contributed by atoms with Gasteiger partial charge in [-0.25, -0.2) is 0 Å². The molecule has 1 aromatic heterocycles. The van der Waals surface area contributed by atoms with E-state index in [1.54, 1.807) is 12.3 Å². The predicted molar refractivity (Wildman–Crippen MR) is 73.4 cm³/mol. The molecule has 6 nitrogen and oxygen atoms in total. The van der Waals surface area contributed by atoms with Crippen molar-refractivity contribution in [3.8, 4) is 0 Å². The SMILES string of the molecule is O=[N+]([O-])c1cc2cn[nH]c2cc1N1CCCCCC1. The van der Waals surface area contributed by atoms with Gasteiger partial charge in [-0.3, -0.25) is 15.2 Å². The molecule has 0 amide bonds. The second-order valence-electron chi connectivity index (χ2n) is 4.96. The molecule has 0 saturated carbocycles. The number of aromatic nitrogens is 2. The molecule has 1 fully saturated rings. The van der Waals surface area contributed by atoms with Gasteiger partial charge >= 0.3 is 0 Å². The summed E-state index contributed by atoms with van der Waals surface area (Å²) in [5.74, 6) is 0. The average Bonchev–Trinajstić information content (AvgIpc) is 2.69. The lowest BCUT2D eigenvalue weighted by Crippen LogP contribution is -2.24. The number of fused-ring (bicyclic) bond motifs is 1. The minimum absolute atomic E-state index is 0.177. The monoisotopic (exact) mass is 260 g/mol. The Morgan fingerprint density at radius 3 is 2.63 bits per heavy atom. The lowest BCUT2D eigenvalue weighted by atomic mass is 10.2. The van der Waals surface area contributed by atoms with Crippen molar-refractivity contribution in [1.82, 2.24) is 10.2 Å². The van der Waals surface area contributed by atoms with Gasteiger partial charge in [0.25, 0.3) is 5.69 Å². The Kier molecular flexibility index (Phi) is 3.06. The van der Waals surface area contributed by atoms with Crippen LogP contribution in [0, 0.1) is 10.1 Å². The van der Waals surface area contributed by atoms with Gasteiger partial charge in [-0.15, -0.1) is 0 Å². The Morgan fingerprint density at radius 2 is 1.95 bits per heavy atom. The molecule has 0 unspecified atom stereocenters. The number of nitrogens with zero attached hydrogens (tertiary/aromatic N) is 3. The molecule has 0 spiro atoms. The van der Waals surface area contributed by atoms with Crippen LogP contribution in [0.4, 0.5) is 11.4 Å². The van der Waals surface area contributed by atoms with Crippen LogP contribution in [0.3, 0.4) is 0 Å². The maximum absolute atomic E-state index is 11.3. The summed E-state index contributed by atoms with van der Waals surface area (Å²) in [5, 5.41) is 18.9. The van der Waals surface area contributed by atoms with Gasteiger partial charge in [-0.1, -0.05) is 12.8 Å². The highest BCUT2D eigenvalue weighted by atomic mass is 16.6. The first-order chi connectivity index (χ1) is 9.25. The maximum atomic E-state index is 11.3. The summed E-state index contributed by atoms with van der Waals surface area (Å²) in [4.78, 5) is 13.1. The fourth-order valence-electron chi connectivity index (χ4n) is 2.68. The van der Waals surface area contributed by atoms with Gasteiger partial charge in [-0.05, 0) is 18.9 Å². The molecule has 6 heteroatoms. The summed E-state index contributed by atoms with van der Waals surface area (Å²) in [6, 6.07) is 3.46. The number of nitro benzene ring substituents is 1. The topological polar surface area (TPSA) is 75.1 Å². The minimum atomic E-state index is -0.299. The summed E-state index contributed by atoms with van der Waals surface area (Å²) in [7, 11) is 0. The van der Waals surface area contributed by atoms with Crippen molar-refractivity contribution < 1.29 is 4.92 Å². The summed E-state index contributed by atoms with van der Waals surface area (Å²) >= 11 is 0. The highest BCUT2D eigenvalue weighted by molar-refractivity contribution is 5.87. The van der Waals surface area contributed by atoms with Crippen LogP contribution in [0.2, 0.25) is 0 Å². The zero-order chi connectivity index (χ0) is 13.2. The first-order valence-electron chi connectivity index (χ1n) is 6.62. The van der Waals surface area contributed by atoms with E-state index in [-0.39, 0.29) is 10.6 Å². The third-order valence-corrected chi connectivity index (χ3v) is 3.68. The van der Waals surface area contributed by atoms with Crippen LogP contribution in [0.15, 0.2) is 18.3 Å². The fraction of sp³-hybridized carbons (Fsp3) is 0.462. The summed E-state index contributed by atoms with van der Waals surface area (Å²) in [5.41, 5.74) is 1.74. The molecule has 0 radical (unpaired) electrons. The van der Waals surface area contributed by atoms with E-state index in [2.05, 4.69) is 15.1 Å². The molecular formula is C13H16N4O2. The molecule has 2 heterocycles. The van der Waals surface area contributed by atoms with E-state index in [1.807, 2.05) is 6.07 Å². The van der Waals surface area contributed by atoms with Crippen LogP contribution in [0.25, 0.3) is 10.9 Å². The molecule has 19 heavy (non-hydrogen) atoms. The Labute approximate surface area is 110 Å². The summed E-state index contributed by atoms with van der Waals surface area (Å²) < 4.78 is 0. The highest BCUT2D eigenvalue weighted by Gasteiger charge is 2.21. The maximum Gasteiger partial charge on any atom is 0.293 e. The van der Waals surface area contributed by atoms with Gasteiger partial charge < -0.3 is 4.90 Å². The minimum Gasteiger partial charge on any atom is -0.366 e. The number of rotatable bonds is 2. The van der Waals surface area contributed by atoms with Crippen LogP contribution in [-0.2, 0) is 0 Å². The first-order valence-corrected chi connectivity index (χ1v) is 6.62. The molecule has 1 saturated heterocycles. The van der Waals surface area contributed by atoms with Crippen LogP contribution < -0.4 is 4.90 Å². The van der Waals surface area contributed by atoms with Crippen LogP contribution in [0.5, 0.6) is 0 Å². The van der Waals surface area contributed by atoms with E-state index < -0.39 is 0 Å². The fourth-order valence-corrected chi connectivity index (χ4v) is 2.68. The number of hydrogen-bond donors (Lipinski definition) is 1. The van der Waals surface area contributed by atoms with Gasteiger partial charge in [0.2, 0.25) is 0 Å². The van der Waals surface area contributed by atoms with E-state index in [1.165, 1.54) is 12.8 Å². The van der Waals surface area contributed by atoms with E-state index in [9.17, 15) is 10.1 Å². The molecule has 100 valence electrons. The van der Waals surface area contributed by atoms with Crippen molar-refractivity contribution in [1.29, 1.82) is 0 Å². The molecule has 0 bridgehead atoms. The zero-order valence-electron chi connectivity index (χ0n) is 10.6. The van der Waals surface area contributed by atoms with Gasteiger partial charge in [0, 0.05) is 24.5 Å². The predicted octanol–water partition coefficient (Wildman–Crippen LogP) is 2.85. The Bertz CT molecular complexity index is 600. The van der Waals surface area contributed by atoms with Gasteiger partial charge in [0.15, 0.2) is 0 Å². The van der Waals surface area contributed by atoms with Crippen molar-refractivity contribution in [2.75, 3.05) is 18.0 Å². The quantitative estimate of drug-likeness (QED) is 0.665. The van der Waals surface area contributed by atoms with Crippen LogP contribution >= 0.6 is 0 Å². The number of benzene rings is 1. The van der Waals surface area contributed by atoms with Crippen molar-refractivity contribution in [3.63, 3.8) is 0 Å². The number of nitro groups is 1. The van der Waals surface area contributed by atoms with E-state index in [0.717, 1.165) is 36.8 Å². The molecule has 1 aliphatic rings. The molecule has 1 N–H and O–H groups in total. The first kappa shape index (κ1) is 12.0. The number of H-pyrrole nitrogens is 1. The van der Waals surface area contributed by atoms with Crippen molar-refractivity contribution in [2.24, 2.45) is 0 Å². The number of hydrogen-bond acceptors (Lipinski definition) is 4. The number of anilines is 1. The van der Waals surface area contributed by atoms with E-state index >= 15 is 0 Å². The highest BCUT2D eigenvalue weighted by Crippen LogP contribution is 2.33. The Hall–Kier alpha value is -2.11. The third kappa shape index (κ3) is 2.25. The second-order valence-corrected chi connectivity index (χ2v) is 4.96. The van der Waals surface area contributed by atoms with Gasteiger partial charge in [0.05, 0.1) is 16.6 Å².